The van der Waals surface area contributed by atoms with E-state index >= 15 is 0 Å². The molecule has 2 aromatic carbocycles. The number of aromatic hydroxyl groups is 1. The van der Waals surface area contributed by atoms with Crippen molar-refractivity contribution in [1.29, 1.82) is 0 Å². The number of carbonyl (C=O) groups is 1. The number of aryl methyl sites for hydroxylation is 1. The van der Waals surface area contributed by atoms with Crippen molar-refractivity contribution >= 4 is 29.5 Å². The van der Waals surface area contributed by atoms with Gasteiger partial charge in [-0.15, -0.1) is 0 Å². The third-order valence-corrected chi connectivity index (χ3v) is 4.92. The molecule has 0 radical (unpaired) electrons. The van der Waals surface area contributed by atoms with Crippen molar-refractivity contribution in [1.82, 2.24) is 9.55 Å². The number of rotatable bonds is 6. The fourth-order valence-electron chi connectivity index (χ4n) is 3.07. The second-order valence-electron chi connectivity index (χ2n) is 7.19. The molecule has 1 heterocycles. The number of benzene rings is 2. The molecule has 8 nitrogen and oxygen atoms in total. The van der Waals surface area contributed by atoms with Gasteiger partial charge in [0.2, 0.25) is 5.88 Å². The summed E-state index contributed by atoms with van der Waals surface area (Å²) in [5, 5.41) is 10.9. The predicted molar refractivity (Wildman–Crippen MR) is 123 cm³/mol. The van der Waals surface area contributed by atoms with E-state index in [0.29, 0.717) is 17.8 Å². The van der Waals surface area contributed by atoms with E-state index in [1.807, 2.05) is 19.1 Å². The van der Waals surface area contributed by atoms with Gasteiger partial charge in [-0.05, 0) is 50.1 Å². The van der Waals surface area contributed by atoms with E-state index < -0.39 is 23.1 Å². The highest BCUT2D eigenvalue weighted by atomic mass is 35.5. The highest BCUT2D eigenvalue weighted by molar-refractivity contribution is 6.33. The number of halogens is 1. The van der Waals surface area contributed by atoms with Crippen LogP contribution >= 0.6 is 11.6 Å². The van der Waals surface area contributed by atoms with Gasteiger partial charge in [-0.1, -0.05) is 36.7 Å². The number of ether oxygens (including phenoxy) is 1. The molecule has 9 heteroatoms. The maximum absolute atomic E-state index is 12.4. The lowest BCUT2D eigenvalue weighted by atomic mass is 10.1. The minimum Gasteiger partial charge on any atom is -0.493 e. The summed E-state index contributed by atoms with van der Waals surface area (Å²) < 4.78 is 6.19. The summed E-state index contributed by atoms with van der Waals surface area (Å²) in [6.45, 7) is 5.35. The van der Waals surface area contributed by atoms with Gasteiger partial charge in [0.25, 0.3) is 5.56 Å². The quantitative estimate of drug-likeness (QED) is 0.434. The number of nitrogens with zero attached hydrogens (tertiary/aromatic N) is 2. The summed E-state index contributed by atoms with van der Waals surface area (Å²) in [5.41, 5.74) is -0.0903. The molecule has 0 unspecified atom stereocenters. The van der Waals surface area contributed by atoms with E-state index in [2.05, 4.69) is 9.98 Å². The summed E-state index contributed by atoms with van der Waals surface area (Å²) in [5.74, 6) is -1.15. The lowest BCUT2D eigenvalue weighted by Gasteiger charge is -2.13. The second-order valence-corrected chi connectivity index (χ2v) is 7.60. The van der Waals surface area contributed by atoms with Crippen LogP contribution in [0.25, 0.3) is 5.69 Å². The average Bonchev–Trinajstić information content (AvgIpc) is 2.74. The molecule has 0 atom stereocenters. The van der Waals surface area contributed by atoms with Gasteiger partial charge < -0.3 is 9.84 Å². The van der Waals surface area contributed by atoms with Crippen molar-refractivity contribution in [2.75, 3.05) is 0 Å². The van der Waals surface area contributed by atoms with Gasteiger partial charge in [0, 0.05) is 6.21 Å². The number of nitrogens with one attached hydrogen (secondary N) is 1. The summed E-state index contributed by atoms with van der Waals surface area (Å²) in [7, 11) is 0. The fourth-order valence-corrected chi connectivity index (χ4v) is 3.27. The third-order valence-electron chi connectivity index (χ3n) is 4.59. The van der Waals surface area contributed by atoms with Crippen LogP contribution in [-0.2, 0) is 11.2 Å². The Kier molecular flexibility index (Phi) is 6.95. The van der Waals surface area contributed by atoms with Crippen molar-refractivity contribution in [3.05, 3.63) is 85.0 Å². The largest absolute Gasteiger partial charge is 0.493 e. The molecule has 0 aliphatic carbocycles. The highest BCUT2D eigenvalue weighted by Crippen LogP contribution is 2.24. The zero-order valence-corrected chi connectivity index (χ0v) is 18.5. The van der Waals surface area contributed by atoms with E-state index in [1.54, 1.807) is 32.0 Å². The number of carbonyl (C=O) groups excluding carboxylic acids is 1. The molecule has 0 saturated heterocycles. The molecule has 2 N–H and O–H groups in total. The van der Waals surface area contributed by atoms with Crippen LogP contribution in [0, 0.1) is 0 Å². The number of esters is 1. The number of aliphatic imine (C=N–C) groups is 1. The van der Waals surface area contributed by atoms with Crippen molar-refractivity contribution in [2.24, 2.45) is 4.99 Å². The van der Waals surface area contributed by atoms with E-state index in [1.165, 1.54) is 12.1 Å². The lowest BCUT2D eigenvalue weighted by molar-refractivity contribution is 0.0378. The van der Waals surface area contributed by atoms with Crippen molar-refractivity contribution < 1.29 is 14.6 Å². The number of aromatic amines is 1. The molecule has 0 bridgehead atoms. The van der Waals surface area contributed by atoms with E-state index in [-0.39, 0.29) is 22.3 Å². The molecule has 0 aliphatic heterocycles. The molecular weight excluding hydrogens is 434 g/mol. The monoisotopic (exact) mass is 455 g/mol. The van der Waals surface area contributed by atoms with Crippen molar-refractivity contribution in [2.45, 2.75) is 33.3 Å². The minimum absolute atomic E-state index is 0.120. The molecule has 1 aromatic heterocycles. The summed E-state index contributed by atoms with van der Waals surface area (Å²) in [6, 6.07) is 11.5. The Hall–Kier alpha value is -3.65. The zero-order chi connectivity index (χ0) is 23.4. The van der Waals surface area contributed by atoms with Gasteiger partial charge in [-0.2, -0.15) is 0 Å². The molecule has 0 saturated carbocycles. The Morgan fingerprint density at radius 3 is 2.66 bits per heavy atom. The number of hydrogen-bond donors (Lipinski definition) is 2. The van der Waals surface area contributed by atoms with Crippen LogP contribution in [0.2, 0.25) is 5.02 Å². The lowest BCUT2D eigenvalue weighted by Crippen LogP contribution is -2.31. The summed E-state index contributed by atoms with van der Waals surface area (Å²) >= 11 is 6.09. The number of para-hydroxylation sites is 1. The van der Waals surface area contributed by atoms with Gasteiger partial charge in [0.05, 0.1) is 28.1 Å². The number of aromatic nitrogens is 2. The number of hydrogen-bond acceptors (Lipinski definition) is 6. The molecule has 0 amide bonds. The molecule has 0 aliphatic rings. The Labute approximate surface area is 188 Å². The van der Waals surface area contributed by atoms with E-state index in [0.717, 1.165) is 16.3 Å². The van der Waals surface area contributed by atoms with E-state index in [9.17, 15) is 19.5 Å². The van der Waals surface area contributed by atoms with Gasteiger partial charge in [-0.25, -0.2) is 14.2 Å². The van der Waals surface area contributed by atoms with Crippen LogP contribution in [0.4, 0.5) is 5.69 Å². The van der Waals surface area contributed by atoms with Gasteiger partial charge >= 0.3 is 11.7 Å². The van der Waals surface area contributed by atoms with Crippen LogP contribution < -0.4 is 11.2 Å². The van der Waals surface area contributed by atoms with Crippen LogP contribution in [0.1, 0.15) is 42.3 Å². The van der Waals surface area contributed by atoms with Crippen LogP contribution in [0.5, 0.6) is 5.88 Å². The molecule has 0 spiro atoms. The number of H-pyrrole nitrogens is 1. The van der Waals surface area contributed by atoms with Crippen LogP contribution in [-0.4, -0.2) is 32.9 Å². The second kappa shape index (κ2) is 9.65. The van der Waals surface area contributed by atoms with Gasteiger partial charge in [0.15, 0.2) is 0 Å². The molecular formula is C23H22ClN3O5. The molecule has 166 valence electrons. The molecule has 0 fully saturated rings. The zero-order valence-electron chi connectivity index (χ0n) is 17.8. The first kappa shape index (κ1) is 23.0. The average molecular weight is 456 g/mol. The Morgan fingerprint density at radius 2 is 1.97 bits per heavy atom. The SMILES string of the molecule is CCc1ccccc1-n1c(O)c(C=Nc2ccc(Cl)c(C(=O)OC(C)C)c2)c(=O)[nH]c1=O. The first-order chi connectivity index (χ1) is 15.2. The Morgan fingerprint density at radius 1 is 1.25 bits per heavy atom. The maximum atomic E-state index is 12.4. The van der Waals surface area contributed by atoms with Gasteiger partial charge in [0.1, 0.15) is 5.56 Å². The molecule has 32 heavy (non-hydrogen) atoms. The normalized spacial score (nSPS) is 11.3. The predicted octanol–water partition coefficient (Wildman–Crippen LogP) is 3.76. The topological polar surface area (TPSA) is 114 Å². The fraction of sp³-hybridized carbons (Fsp3) is 0.217. The molecule has 3 rings (SSSR count). The Bertz CT molecular complexity index is 1310. The minimum atomic E-state index is -0.796. The van der Waals surface area contributed by atoms with Crippen LogP contribution in [0.3, 0.4) is 0 Å². The summed E-state index contributed by atoms with van der Waals surface area (Å²) in [4.78, 5) is 43.4. The summed E-state index contributed by atoms with van der Waals surface area (Å²) in [6.07, 6.45) is 1.41. The van der Waals surface area contributed by atoms with Gasteiger partial charge in [-0.3, -0.25) is 14.8 Å². The third kappa shape index (κ3) is 4.81. The van der Waals surface area contributed by atoms with E-state index in [4.69, 9.17) is 16.3 Å². The Balaban J connectivity index is 2.06. The maximum Gasteiger partial charge on any atom is 0.339 e. The van der Waals surface area contributed by atoms with Crippen molar-refractivity contribution in [3.8, 4) is 11.6 Å². The first-order valence-electron chi connectivity index (χ1n) is 9.94. The highest BCUT2D eigenvalue weighted by Gasteiger charge is 2.17. The first-order valence-corrected chi connectivity index (χ1v) is 10.3. The smallest absolute Gasteiger partial charge is 0.339 e. The standard InChI is InChI=1S/C23H22ClN3O5/c1-4-14-7-5-6-8-19(14)27-21(29)17(20(28)26-23(27)31)12-25-15-9-10-18(24)16(11-15)22(30)32-13(2)3/h5-13,29H,4H2,1-3H3,(H,26,28,31). The molecule has 3 aromatic rings. The van der Waals surface area contributed by atoms with Crippen molar-refractivity contribution in [3.63, 3.8) is 0 Å². The van der Waals surface area contributed by atoms with Crippen LogP contribution in [0.15, 0.2) is 57.0 Å².